The first kappa shape index (κ1) is 20.2. The molecule has 7 nitrogen and oxygen atoms in total. The van der Waals surface area contributed by atoms with E-state index in [4.69, 9.17) is 4.74 Å². The van der Waals surface area contributed by atoms with Crippen molar-refractivity contribution < 1.29 is 14.6 Å². The van der Waals surface area contributed by atoms with Gasteiger partial charge >= 0.3 is 0 Å². The van der Waals surface area contributed by atoms with E-state index in [1.165, 1.54) is 6.92 Å². The van der Waals surface area contributed by atoms with Crippen LogP contribution in [0, 0.1) is 17.2 Å². The fourth-order valence-electron chi connectivity index (χ4n) is 3.91. The van der Waals surface area contributed by atoms with Gasteiger partial charge in [0.2, 0.25) is 5.91 Å². The van der Waals surface area contributed by atoms with Crippen LogP contribution in [-0.4, -0.2) is 35.7 Å². The van der Waals surface area contributed by atoms with Gasteiger partial charge in [-0.15, -0.1) is 0 Å². The largest absolute Gasteiger partial charge is 0.507 e. The van der Waals surface area contributed by atoms with E-state index in [0.29, 0.717) is 35.1 Å². The van der Waals surface area contributed by atoms with Crippen molar-refractivity contribution >= 4 is 11.7 Å². The number of nitriles is 1. The highest BCUT2D eigenvalue weighted by atomic mass is 16.5. The molecule has 0 unspecified atom stereocenters. The van der Waals surface area contributed by atoms with Gasteiger partial charge in [-0.25, -0.2) is 4.98 Å². The number of nitrogens with one attached hydrogen (secondary N) is 2. The smallest absolute Gasteiger partial charge is 0.222 e. The van der Waals surface area contributed by atoms with E-state index < -0.39 is 0 Å². The van der Waals surface area contributed by atoms with Crippen molar-refractivity contribution in [3.05, 3.63) is 35.4 Å². The number of aromatic hydroxyl groups is 1. The maximum atomic E-state index is 11.8. The highest BCUT2D eigenvalue weighted by Gasteiger charge is 2.26. The van der Waals surface area contributed by atoms with Crippen LogP contribution >= 0.6 is 0 Å². The van der Waals surface area contributed by atoms with E-state index >= 15 is 0 Å². The van der Waals surface area contributed by atoms with Gasteiger partial charge in [0.05, 0.1) is 23.4 Å². The maximum absolute atomic E-state index is 11.8. The summed E-state index contributed by atoms with van der Waals surface area (Å²) in [4.78, 5) is 16.4. The van der Waals surface area contributed by atoms with Crippen molar-refractivity contribution in [1.82, 2.24) is 10.3 Å². The van der Waals surface area contributed by atoms with Gasteiger partial charge in [0.25, 0.3) is 0 Å². The second kappa shape index (κ2) is 8.72. The Morgan fingerprint density at radius 2 is 2.10 bits per heavy atom. The van der Waals surface area contributed by atoms with Gasteiger partial charge < -0.3 is 20.5 Å². The first-order valence-electron chi connectivity index (χ1n) is 10.4. The van der Waals surface area contributed by atoms with Crippen molar-refractivity contribution in [3.63, 3.8) is 0 Å². The minimum Gasteiger partial charge on any atom is -0.507 e. The minimum atomic E-state index is -0.296. The number of hydrogen-bond acceptors (Lipinski definition) is 6. The highest BCUT2D eigenvalue weighted by molar-refractivity contribution is 5.90. The van der Waals surface area contributed by atoms with Crippen molar-refractivity contribution in [2.75, 3.05) is 25.0 Å². The molecule has 2 heterocycles. The number of pyridine rings is 1. The van der Waals surface area contributed by atoms with Gasteiger partial charge in [-0.3, -0.25) is 4.79 Å². The molecule has 30 heavy (non-hydrogen) atoms. The molecule has 1 amide bonds. The quantitative estimate of drug-likeness (QED) is 0.677. The zero-order valence-electron chi connectivity index (χ0n) is 17.1. The summed E-state index contributed by atoms with van der Waals surface area (Å²) in [6, 6.07) is 9.27. The van der Waals surface area contributed by atoms with E-state index in [9.17, 15) is 15.2 Å². The standard InChI is InChI=1S/C23H26N4O3/c1-14(28)26-23-18(12-24)17(16-7-9-25-10-8-16)11-19(27-23)22-20(29)3-2-4-21(22)30-13-15-5-6-15/h2-4,11,15-16,25,29H,5-10,13H2,1H3,(H,26,27,28). The third kappa shape index (κ3) is 4.39. The SMILES string of the molecule is CC(=O)Nc1nc(-c2c(O)cccc2OCC2CC2)cc(C2CCNCC2)c1C#N. The number of phenolic OH excluding ortho intramolecular Hbond substituents is 1. The Morgan fingerprint density at radius 3 is 2.77 bits per heavy atom. The van der Waals surface area contributed by atoms with Gasteiger partial charge in [0, 0.05) is 6.92 Å². The van der Waals surface area contributed by atoms with Gasteiger partial charge in [-0.05, 0) is 74.4 Å². The summed E-state index contributed by atoms with van der Waals surface area (Å²) in [6.07, 6.45) is 4.11. The highest BCUT2D eigenvalue weighted by Crippen LogP contribution is 2.41. The maximum Gasteiger partial charge on any atom is 0.222 e. The Morgan fingerprint density at radius 1 is 1.33 bits per heavy atom. The average molecular weight is 406 g/mol. The lowest BCUT2D eigenvalue weighted by Crippen LogP contribution is -2.27. The van der Waals surface area contributed by atoms with Crippen molar-refractivity contribution in [2.45, 2.75) is 38.5 Å². The van der Waals surface area contributed by atoms with Crippen LogP contribution in [0.5, 0.6) is 11.5 Å². The molecule has 0 radical (unpaired) electrons. The molecule has 4 rings (SSSR count). The Hall–Kier alpha value is -3.11. The number of rotatable bonds is 6. The minimum absolute atomic E-state index is 0.0607. The molecule has 1 saturated heterocycles. The summed E-state index contributed by atoms with van der Waals surface area (Å²) in [7, 11) is 0. The van der Waals surface area contributed by atoms with E-state index in [1.807, 2.05) is 12.1 Å². The third-order valence-corrected chi connectivity index (χ3v) is 5.67. The van der Waals surface area contributed by atoms with Crippen LogP contribution in [0.15, 0.2) is 24.3 Å². The normalized spacial score (nSPS) is 16.7. The summed E-state index contributed by atoms with van der Waals surface area (Å²) < 4.78 is 6.00. The average Bonchev–Trinajstić information content (AvgIpc) is 3.56. The van der Waals surface area contributed by atoms with Crippen molar-refractivity contribution in [2.24, 2.45) is 5.92 Å². The molecule has 2 aromatic rings. The Balaban J connectivity index is 1.83. The molecule has 2 fully saturated rings. The molecule has 1 aliphatic heterocycles. The summed E-state index contributed by atoms with van der Waals surface area (Å²) in [5.41, 5.74) is 2.22. The second-order valence-electron chi connectivity index (χ2n) is 8.04. The van der Waals surface area contributed by atoms with Crippen molar-refractivity contribution in [3.8, 4) is 28.8 Å². The fraction of sp³-hybridized carbons (Fsp3) is 0.435. The zero-order valence-corrected chi connectivity index (χ0v) is 17.1. The Labute approximate surface area is 176 Å². The van der Waals surface area contributed by atoms with Crippen LogP contribution in [-0.2, 0) is 4.79 Å². The van der Waals surface area contributed by atoms with E-state index in [1.54, 1.807) is 12.1 Å². The number of piperidine rings is 1. The molecule has 0 atom stereocenters. The van der Waals surface area contributed by atoms with Crippen LogP contribution in [0.4, 0.5) is 5.82 Å². The van der Waals surface area contributed by atoms with Crippen molar-refractivity contribution in [1.29, 1.82) is 5.26 Å². The Bertz CT molecular complexity index is 989. The number of ether oxygens (including phenoxy) is 1. The monoisotopic (exact) mass is 406 g/mol. The number of phenols is 1. The molecule has 0 bridgehead atoms. The topological polar surface area (TPSA) is 107 Å². The lowest BCUT2D eigenvalue weighted by molar-refractivity contribution is -0.114. The molecule has 1 aromatic carbocycles. The van der Waals surface area contributed by atoms with Gasteiger partial charge in [0.15, 0.2) is 5.82 Å². The first-order chi connectivity index (χ1) is 14.6. The molecule has 0 spiro atoms. The van der Waals surface area contributed by atoms with Gasteiger partial charge in [-0.2, -0.15) is 5.26 Å². The molecular formula is C23H26N4O3. The molecule has 156 valence electrons. The van der Waals surface area contributed by atoms with Crippen LogP contribution < -0.4 is 15.4 Å². The van der Waals surface area contributed by atoms with Gasteiger partial charge in [0.1, 0.15) is 17.6 Å². The second-order valence-corrected chi connectivity index (χ2v) is 8.04. The van der Waals surface area contributed by atoms with E-state index in [-0.39, 0.29) is 23.4 Å². The Kier molecular flexibility index (Phi) is 5.86. The number of anilines is 1. The summed E-state index contributed by atoms with van der Waals surface area (Å²) in [6.45, 7) is 3.74. The number of carbonyl (C=O) groups excluding carboxylic acids is 1. The summed E-state index contributed by atoms with van der Waals surface area (Å²) in [5, 5.41) is 26.5. The zero-order chi connectivity index (χ0) is 21.1. The number of benzene rings is 1. The van der Waals surface area contributed by atoms with Crippen LogP contribution in [0.3, 0.4) is 0 Å². The molecule has 2 aliphatic rings. The first-order valence-corrected chi connectivity index (χ1v) is 10.4. The predicted molar refractivity (Wildman–Crippen MR) is 113 cm³/mol. The number of hydrogen-bond donors (Lipinski definition) is 3. The van der Waals surface area contributed by atoms with Crippen LogP contribution in [0.1, 0.15) is 49.7 Å². The number of carbonyl (C=O) groups is 1. The molecule has 1 aliphatic carbocycles. The van der Waals surface area contributed by atoms with E-state index in [0.717, 1.165) is 44.3 Å². The van der Waals surface area contributed by atoms with Crippen LogP contribution in [0.25, 0.3) is 11.3 Å². The lowest BCUT2D eigenvalue weighted by Gasteiger charge is -2.25. The molecule has 3 N–H and O–H groups in total. The summed E-state index contributed by atoms with van der Waals surface area (Å²) >= 11 is 0. The lowest BCUT2D eigenvalue weighted by atomic mass is 9.86. The van der Waals surface area contributed by atoms with Crippen LogP contribution in [0.2, 0.25) is 0 Å². The molecule has 1 saturated carbocycles. The van der Waals surface area contributed by atoms with E-state index in [2.05, 4.69) is 21.7 Å². The molecule has 1 aromatic heterocycles. The third-order valence-electron chi connectivity index (χ3n) is 5.67. The number of aromatic nitrogens is 1. The number of nitrogens with zero attached hydrogens (tertiary/aromatic N) is 2. The fourth-order valence-corrected chi connectivity index (χ4v) is 3.91. The molecular weight excluding hydrogens is 380 g/mol. The summed E-state index contributed by atoms with van der Waals surface area (Å²) in [5.74, 6) is 1.29. The number of amides is 1. The van der Waals surface area contributed by atoms with Gasteiger partial charge in [-0.1, -0.05) is 6.07 Å². The predicted octanol–water partition coefficient (Wildman–Crippen LogP) is 3.54. The molecule has 7 heteroatoms.